The molecule has 0 aliphatic heterocycles. The highest BCUT2D eigenvalue weighted by Crippen LogP contribution is 2.32. The summed E-state index contributed by atoms with van der Waals surface area (Å²) >= 11 is 0. The predicted octanol–water partition coefficient (Wildman–Crippen LogP) is 2.11. The van der Waals surface area contributed by atoms with Gasteiger partial charge in [-0.15, -0.1) is 0 Å². The van der Waals surface area contributed by atoms with Crippen molar-refractivity contribution >= 4 is 11.9 Å². The van der Waals surface area contributed by atoms with E-state index >= 15 is 0 Å². The Labute approximate surface area is 145 Å². The third-order valence-corrected chi connectivity index (χ3v) is 4.27. The zero-order valence-corrected chi connectivity index (χ0v) is 14.0. The van der Waals surface area contributed by atoms with Gasteiger partial charge in [0.05, 0.1) is 0 Å². The minimum atomic E-state index is -0.810. The maximum atomic E-state index is 12.1. The summed E-state index contributed by atoms with van der Waals surface area (Å²) in [7, 11) is 0. The monoisotopic (exact) mass is 340 g/mol. The van der Waals surface area contributed by atoms with Gasteiger partial charge in [-0.3, -0.25) is 9.59 Å². The standard InChI is InChI=1S/C19H20N2O4/c1-12(13-7-8-13)20-17(22)11-25-19(24)15-9-10-16(21-18(15)23)14-5-3-2-4-6-14/h2-6,9-10,12-13H,7-8,11H2,1H3,(H,20,22)(H,21,23). The van der Waals surface area contributed by atoms with Gasteiger partial charge in [-0.25, -0.2) is 4.79 Å². The number of amides is 1. The molecule has 1 fully saturated rings. The lowest BCUT2D eigenvalue weighted by Crippen LogP contribution is -2.37. The van der Waals surface area contributed by atoms with Gasteiger partial charge in [0.25, 0.3) is 11.5 Å². The Kier molecular flexibility index (Phi) is 4.97. The lowest BCUT2D eigenvalue weighted by molar-refractivity contribution is -0.125. The highest BCUT2D eigenvalue weighted by Gasteiger charge is 2.29. The SMILES string of the molecule is CC(NC(=O)COC(=O)c1ccc(-c2ccccc2)[nH]c1=O)C1CC1. The number of benzene rings is 1. The zero-order valence-electron chi connectivity index (χ0n) is 14.0. The lowest BCUT2D eigenvalue weighted by Gasteiger charge is -2.12. The molecule has 3 rings (SSSR count). The number of aromatic nitrogens is 1. The molecule has 0 bridgehead atoms. The fourth-order valence-corrected chi connectivity index (χ4v) is 2.64. The van der Waals surface area contributed by atoms with Crippen LogP contribution in [0.5, 0.6) is 0 Å². The van der Waals surface area contributed by atoms with E-state index in [2.05, 4.69) is 10.3 Å². The van der Waals surface area contributed by atoms with Crippen molar-refractivity contribution in [2.75, 3.05) is 6.61 Å². The Hall–Kier alpha value is -2.89. The van der Waals surface area contributed by atoms with Crippen molar-refractivity contribution in [3.8, 4) is 11.3 Å². The van der Waals surface area contributed by atoms with Crippen molar-refractivity contribution in [2.45, 2.75) is 25.8 Å². The molecule has 0 saturated heterocycles. The van der Waals surface area contributed by atoms with Crippen LogP contribution in [-0.4, -0.2) is 29.5 Å². The molecule has 1 atom stereocenters. The molecule has 1 amide bonds. The molecule has 0 radical (unpaired) electrons. The lowest BCUT2D eigenvalue weighted by atomic mass is 10.1. The molecule has 1 aromatic carbocycles. The molecule has 130 valence electrons. The molecule has 0 spiro atoms. The molecule has 6 heteroatoms. The average molecular weight is 340 g/mol. The minimum absolute atomic E-state index is 0.0831. The van der Waals surface area contributed by atoms with E-state index in [1.807, 2.05) is 37.3 Å². The molecule has 2 aromatic rings. The molecule has 1 aromatic heterocycles. The molecule has 2 N–H and O–H groups in total. The van der Waals surface area contributed by atoms with Crippen LogP contribution in [0, 0.1) is 5.92 Å². The van der Waals surface area contributed by atoms with Crippen LogP contribution in [-0.2, 0) is 9.53 Å². The summed E-state index contributed by atoms with van der Waals surface area (Å²) in [5.41, 5.74) is 0.784. The summed E-state index contributed by atoms with van der Waals surface area (Å²) in [5.74, 6) is -0.645. The third kappa shape index (κ3) is 4.35. The number of carbonyl (C=O) groups excluding carboxylic acids is 2. The second-order valence-corrected chi connectivity index (χ2v) is 6.25. The second-order valence-electron chi connectivity index (χ2n) is 6.25. The van der Waals surface area contributed by atoms with Gasteiger partial charge >= 0.3 is 5.97 Å². The fraction of sp³-hybridized carbons (Fsp3) is 0.316. The average Bonchev–Trinajstić information content (AvgIpc) is 3.45. The summed E-state index contributed by atoms with van der Waals surface area (Å²) in [6.45, 7) is 1.54. The van der Waals surface area contributed by atoms with E-state index in [1.54, 1.807) is 6.07 Å². The smallest absolute Gasteiger partial charge is 0.344 e. The summed E-state index contributed by atoms with van der Waals surface area (Å²) in [5, 5.41) is 2.79. The van der Waals surface area contributed by atoms with Gasteiger partial charge in [-0.05, 0) is 43.4 Å². The molecule has 1 saturated carbocycles. The normalized spacial score (nSPS) is 14.6. The van der Waals surface area contributed by atoms with Crippen molar-refractivity contribution in [1.82, 2.24) is 10.3 Å². The van der Waals surface area contributed by atoms with E-state index in [9.17, 15) is 14.4 Å². The van der Waals surface area contributed by atoms with Crippen LogP contribution < -0.4 is 10.9 Å². The van der Waals surface area contributed by atoms with Gasteiger partial charge in [0.1, 0.15) is 5.56 Å². The van der Waals surface area contributed by atoms with Crippen LogP contribution in [0.15, 0.2) is 47.3 Å². The first-order valence-corrected chi connectivity index (χ1v) is 8.30. The van der Waals surface area contributed by atoms with E-state index in [0.29, 0.717) is 11.6 Å². The van der Waals surface area contributed by atoms with Crippen LogP contribution in [0.1, 0.15) is 30.1 Å². The maximum absolute atomic E-state index is 12.1. The first kappa shape index (κ1) is 17.0. The highest BCUT2D eigenvalue weighted by molar-refractivity contribution is 5.91. The molecular formula is C19H20N2O4. The Bertz CT molecular complexity index is 825. The summed E-state index contributed by atoms with van der Waals surface area (Å²) < 4.78 is 4.95. The van der Waals surface area contributed by atoms with Crippen molar-refractivity contribution in [2.24, 2.45) is 5.92 Å². The number of carbonyl (C=O) groups is 2. The van der Waals surface area contributed by atoms with Crippen LogP contribution in [0.2, 0.25) is 0 Å². The first-order valence-electron chi connectivity index (χ1n) is 8.30. The van der Waals surface area contributed by atoms with Gasteiger partial charge in [-0.1, -0.05) is 30.3 Å². The molecule has 1 heterocycles. The molecule has 6 nitrogen and oxygen atoms in total. The van der Waals surface area contributed by atoms with E-state index in [4.69, 9.17) is 4.74 Å². The van der Waals surface area contributed by atoms with Gasteiger partial charge in [-0.2, -0.15) is 0 Å². The van der Waals surface area contributed by atoms with Crippen molar-refractivity contribution in [3.05, 3.63) is 58.4 Å². The first-order chi connectivity index (χ1) is 12.0. The van der Waals surface area contributed by atoms with Gasteiger partial charge < -0.3 is 15.0 Å². The predicted molar refractivity (Wildman–Crippen MR) is 93.1 cm³/mol. The van der Waals surface area contributed by atoms with E-state index < -0.39 is 18.1 Å². The Morgan fingerprint density at radius 2 is 1.92 bits per heavy atom. The van der Waals surface area contributed by atoms with Crippen LogP contribution in [0.4, 0.5) is 0 Å². The van der Waals surface area contributed by atoms with Crippen LogP contribution in [0.3, 0.4) is 0 Å². The summed E-state index contributed by atoms with van der Waals surface area (Å²) in [6, 6.07) is 12.4. The highest BCUT2D eigenvalue weighted by atomic mass is 16.5. The maximum Gasteiger partial charge on any atom is 0.344 e. The number of pyridine rings is 1. The number of hydrogen-bond acceptors (Lipinski definition) is 4. The topological polar surface area (TPSA) is 88.3 Å². The molecule has 25 heavy (non-hydrogen) atoms. The number of ether oxygens (including phenoxy) is 1. The van der Waals surface area contributed by atoms with Crippen molar-refractivity contribution < 1.29 is 14.3 Å². The van der Waals surface area contributed by atoms with Crippen LogP contribution >= 0.6 is 0 Å². The largest absolute Gasteiger partial charge is 0.452 e. The number of aromatic amines is 1. The Morgan fingerprint density at radius 1 is 1.20 bits per heavy atom. The third-order valence-electron chi connectivity index (χ3n) is 4.27. The number of esters is 1. The second kappa shape index (κ2) is 7.34. The zero-order chi connectivity index (χ0) is 17.8. The molecule has 1 aliphatic carbocycles. The van der Waals surface area contributed by atoms with Crippen molar-refractivity contribution in [3.63, 3.8) is 0 Å². The minimum Gasteiger partial charge on any atom is -0.452 e. The van der Waals surface area contributed by atoms with Crippen molar-refractivity contribution in [1.29, 1.82) is 0 Å². The van der Waals surface area contributed by atoms with Gasteiger partial charge in [0.15, 0.2) is 6.61 Å². The summed E-state index contributed by atoms with van der Waals surface area (Å²) in [6.07, 6.45) is 2.23. The van der Waals surface area contributed by atoms with Gasteiger partial charge in [0, 0.05) is 11.7 Å². The molecule has 1 unspecified atom stereocenters. The quantitative estimate of drug-likeness (QED) is 0.789. The number of rotatable bonds is 6. The van der Waals surface area contributed by atoms with E-state index in [1.165, 1.54) is 6.07 Å². The van der Waals surface area contributed by atoms with Crippen LogP contribution in [0.25, 0.3) is 11.3 Å². The van der Waals surface area contributed by atoms with E-state index in [0.717, 1.165) is 18.4 Å². The van der Waals surface area contributed by atoms with E-state index in [-0.39, 0.29) is 17.5 Å². The number of nitrogens with one attached hydrogen (secondary N) is 2. The fourth-order valence-electron chi connectivity index (χ4n) is 2.64. The number of H-pyrrole nitrogens is 1. The Balaban J connectivity index is 1.60. The molecular weight excluding hydrogens is 320 g/mol. The van der Waals surface area contributed by atoms with Gasteiger partial charge in [0.2, 0.25) is 0 Å². The molecule has 1 aliphatic rings. The number of hydrogen-bond donors (Lipinski definition) is 2. The Morgan fingerprint density at radius 3 is 2.56 bits per heavy atom. The summed E-state index contributed by atoms with van der Waals surface area (Å²) in [4.78, 5) is 38.6.